The highest BCUT2D eigenvalue weighted by Crippen LogP contribution is 2.31. The van der Waals surface area contributed by atoms with E-state index in [1.54, 1.807) is 6.92 Å². The number of nitrogens with zero attached hydrogens (tertiary/aromatic N) is 1. The molecule has 0 spiro atoms. The van der Waals surface area contributed by atoms with Crippen molar-refractivity contribution in [3.05, 3.63) is 29.8 Å². The molecule has 2 rings (SSSR count). The van der Waals surface area contributed by atoms with Crippen molar-refractivity contribution in [3.63, 3.8) is 0 Å². The third-order valence-corrected chi connectivity index (χ3v) is 5.48. The SMILES string of the molecule is COC(=O)C1CN(S(=O)(=O)c2c(F)cccc2F)CC1C. The molecule has 1 aliphatic heterocycles. The van der Waals surface area contributed by atoms with Gasteiger partial charge in [0, 0.05) is 13.1 Å². The van der Waals surface area contributed by atoms with Crippen molar-refractivity contribution in [1.82, 2.24) is 4.31 Å². The largest absolute Gasteiger partial charge is 0.469 e. The van der Waals surface area contributed by atoms with Crippen LogP contribution in [0.2, 0.25) is 0 Å². The second-order valence-corrected chi connectivity index (χ2v) is 6.85. The summed E-state index contributed by atoms with van der Waals surface area (Å²) in [4.78, 5) is 10.6. The van der Waals surface area contributed by atoms with Crippen molar-refractivity contribution in [3.8, 4) is 0 Å². The van der Waals surface area contributed by atoms with E-state index in [9.17, 15) is 22.0 Å². The first-order valence-corrected chi connectivity index (χ1v) is 7.75. The summed E-state index contributed by atoms with van der Waals surface area (Å²) in [5.41, 5.74) is 0. The van der Waals surface area contributed by atoms with E-state index in [0.29, 0.717) is 0 Å². The Morgan fingerprint density at radius 2 is 1.86 bits per heavy atom. The van der Waals surface area contributed by atoms with Gasteiger partial charge in [0.25, 0.3) is 0 Å². The minimum absolute atomic E-state index is 0.00980. The monoisotopic (exact) mass is 319 g/mol. The normalized spacial score (nSPS) is 23.2. The molecule has 21 heavy (non-hydrogen) atoms. The van der Waals surface area contributed by atoms with Crippen LogP contribution in [-0.2, 0) is 19.6 Å². The van der Waals surface area contributed by atoms with Crippen molar-refractivity contribution < 1.29 is 26.7 Å². The topological polar surface area (TPSA) is 63.7 Å². The van der Waals surface area contributed by atoms with Crippen LogP contribution in [0.5, 0.6) is 0 Å². The molecule has 1 aromatic carbocycles. The van der Waals surface area contributed by atoms with Gasteiger partial charge in [0.2, 0.25) is 10.0 Å². The molecule has 0 bridgehead atoms. The van der Waals surface area contributed by atoms with E-state index >= 15 is 0 Å². The van der Waals surface area contributed by atoms with Crippen molar-refractivity contribution in [2.24, 2.45) is 11.8 Å². The summed E-state index contributed by atoms with van der Waals surface area (Å²) in [7, 11) is -3.12. The van der Waals surface area contributed by atoms with E-state index in [2.05, 4.69) is 4.74 Å². The fraction of sp³-hybridized carbons (Fsp3) is 0.462. The van der Waals surface area contributed by atoms with Gasteiger partial charge < -0.3 is 4.74 Å². The predicted octanol–water partition coefficient (Wildman–Crippen LogP) is 1.39. The number of ether oxygens (including phenoxy) is 1. The van der Waals surface area contributed by atoms with Crippen LogP contribution in [0.15, 0.2) is 23.1 Å². The molecule has 1 aliphatic rings. The minimum Gasteiger partial charge on any atom is -0.469 e. The molecular formula is C13H15F2NO4S. The van der Waals surface area contributed by atoms with E-state index in [1.165, 1.54) is 7.11 Å². The average molecular weight is 319 g/mol. The van der Waals surface area contributed by atoms with E-state index in [-0.39, 0.29) is 19.0 Å². The molecule has 0 aliphatic carbocycles. The number of hydrogen-bond donors (Lipinski definition) is 0. The summed E-state index contributed by atoms with van der Waals surface area (Å²) < 4.78 is 57.6. The summed E-state index contributed by atoms with van der Waals surface area (Å²) >= 11 is 0. The van der Waals surface area contributed by atoms with Gasteiger partial charge in [0.1, 0.15) is 11.6 Å². The Hall–Kier alpha value is -1.54. The van der Waals surface area contributed by atoms with Crippen LogP contribution in [-0.4, -0.2) is 38.9 Å². The standard InChI is InChI=1S/C13H15F2NO4S/c1-8-6-16(7-9(8)13(17)20-2)21(18,19)12-10(14)4-3-5-11(12)15/h3-5,8-9H,6-7H2,1-2H3. The fourth-order valence-electron chi connectivity index (χ4n) is 2.43. The zero-order valence-electron chi connectivity index (χ0n) is 11.5. The van der Waals surface area contributed by atoms with Crippen molar-refractivity contribution in [1.29, 1.82) is 0 Å². The molecule has 5 nitrogen and oxygen atoms in total. The van der Waals surface area contributed by atoms with E-state index in [1.807, 2.05) is 0 Å². The first-order valence-electron chi connectivity index (χ1n) is 6.31. The van der Waals surface area contributed by atoms with Crippen molar-refractivity contribution >= 4 is 16.0 Å². The maximum absolute atomic E-state index is 13.7. The fourth-order valence-corrected chi connectivity index (χ4v) is 4.11. The number of methoxy groups -OCH3 is 1. The predicted molar refractivity (Wildman–Crippen MR) is 69.8 cm³/mol. The minimum atomic E-state index is -4.33. The van der Waals surface area contributed by atoms with Gasteiger partial charge >= 0.3 is 5.97 Å². The van der Waals surface area contributed by atoms with Crippen molar-refractivity contribution in [2.75, 3.05) is 20.2 Å². The van der Waals surface area contributed by atoms with Crippen LogP contribution in [0.25, 0.3) is 0 Å². The molecule has 0 N–H and O–H groups in total. The van der Waals surface area contributed by atoms with Crippen LogP contribution >= 0.6 is 0 Å². The Morgan fingerprint density at radius 1 is 1.29 bits per heavy atom. The van der Waals surface area contributed by atoms with Gasteiger partial charge in [-0.25, -0.2) is 17.2 Å². The second kappa shape index (κ2) is 5.69. The maximum atomic E-state index is 13.7. The van der Waals surface area contributed by atoms with Crippen LogP contribution in [0.3, 0.4) is 0 Å². The van der Waals surface area contributed by atoms with Gasteiger partial charge in [-0.3, -0.25) is 4.79 Å². The number of carbonyl (C=O) groups is 1. The Bertz CT molecular complexity index is 642. The maximum Gasteiger partial charge on any atom is 0.310 e. The summed E-state index contributed by atoms with van der Waals surface area (Å²) in [6, 6.07) is 2.86. The molecule has 1 saturated heterocycles. The number of hydrogen-bond acceptors (Lipinski definition) is 4. The van der Waals surface area contributed by atoms with E-state index in [0.717, 1.165) is 22.5 Å². The van der Waals surface area contributed by atoms with E-state index < -0.39 is 38.4 Å². The Balaban J connectivity index is 2.36. The number of halogens is 2. The zero-order valence-corrected chi connectivity index (χ0v) is 12.4. The summed E-state index contributed by atoms with van der Waals surface area (Å²) in [6.07, 6.45) is 0. The van der Waals surface area contributed by atoms with Crippen LogP contribution in [0.4, 0.5) is 8.78 Å². The van der Waals surface area contributed by atoms with Crippen LogP contribution < -0.4 is 0 Å². The Morgan fingerprint density at radius 3 is 2.38 bits per heavy atom. The number of esters is 1. The first kappa shape index (κ1) is 15.8. The molecule has 1 aromatic rings. The van der Waals surface area contributed by atoms with Crippen molar-refractivity contribution in [2.45, 2.75) is 11.8 Å². The Labute approximate surface area is 121 Å². The lowest BCUT2D eigenvalue weighted by molar-refractivity contribution is -0.145. The molecule has 8 heteroatoms. The molecule has 0 saturated carbocycles. The van der Waals surface area contributed by atoms with Gasteiger partial charge in [-0.1, -0.05) is 13.0 Å². The molecule has 1 fully saturated rings. The summed E-state index contributed by atoms with van der Waals surface area (Å²) in [5, 5.41) is 0. The van der Waals surface area contributed by atoms with E-state index in [4.69, 9.17) is 0 Å². The number of sulfonamides is 1. The molecule has 0 aromatic heterocycles. The van der Waals surface area contributed by atoms with Gasteiger partial charge in [-0.15, -0.1) is 0 Å². The Kier molecular flexibility index (Phi) is 4.29. The van der Waals surface area contributed by atoms with Crippen LogP contribution in [0, 0.1) is 23.5 Å². The number of benzene rings is 1. The lowest BCUT2D eigenvalue weighted by Gasteiger charge is -2.17. The average Bonchev–Trinajstić information content (AvgIpc) is 2.80. The smallest absolute Gasteiger partial charge is 0.310 e. The summed E-state index contributed by atoms with van der Waals surface area (Å²) in [5.74, 6) is -3.76. The highest BCUT2D eigenvalue weighted by atomic mass is 32.2. The van der Waals surface area contributed by atoms with Gasteiger partial charge in [-0.2, -0.15) is 4.31 Å². The zero-order chi connectivity index (χ0) is 15.8. The lowest BCUT2D eigenvalue weighted by atomic mass is 9.99. The molecule has 1 heterocycles. The molecule has 0 radical (unpaired) electrons. The molecule has 2 unspecified atom stereocenters. The van der Waals surface area contributed by atoms with Gasteiger partial charge in [-0.05, 0) is 18.1 Å². The number of rotatable bonds is 3. The molecule has 0 amide bonds. The second-order valence-electron chi connectivity index (χ2n) is 4.98. The summed E-state index contributed by atoms with van der Waals surface area (Å²) in [6.45, 7) is 1.55. The lowest BCUT2D eigenvalue weighted by Crippen LogP contribution is -2.31. The number of carbonyl (C=O) groups excluding carboxylic acids is 1. The third-order valence-electron chi connectivity index (χ3n) is 3.60. The highest BCUT2D eigenvalue weighted by molar-refractivity contribution is 7.89. The highest BCUT2D eigenvalue weighted by Gasteiger charge is 2.42. The first-order chi connectivity index (χ1) is 9.78. The molecule has 2 atom stereocenters. The van der Waals surface area contributed by atoms with Gasteiger partial charge in [0.05, 0.1) is 13.0 Å². The quantitative estimate of drug-likeness (QED) is 0.790. The molecular weight excluding hydrogens is 304 g/mol. The van der Waals surface area contributed by atoms with Crippen LogP contribution in [0.1, 0.15) is 6.92 Å². The third kappa shape index (κ3) is 2.77. The molecule has 116 valence electrons. The van der Waals surface area contributed by atoms with Gasteiger partial charge in [0.15, 0.2) is 4.90 Å².